The first kappa shape index (κ1) is 19.8. The summed E-state index contributed by atoms with van der Waals surface area (Å²) in [5, 5.41) is 0.831. The maximum Gasteiger partial charge on any atom is 0.271 e. The zero-order chi connectivity index (χ0) is 21.5. The minimum absolute atomic E-state index is 0.172. The van der Waals surface area contributed by atoms with E-state index in [-0.39, 0.29) is 18.7 Å². The van der Waals surface area contributed by atoms with Crippen molar-refractivity contribution < 1.29 is 23.7 Å². The van der Waals surface area contributed by atoms with E-state index in [1.165, 1.54) is 0 Å². The molecule has 6 nitrogen and oxygen atoms in total. The fraction of sp³-hybridized carbons (Fsp3) is 0.174. The number of benzene rings is 3. The average Bonchev–Trinajstić information content (AvgIpc) is 3.25. The Balaban J connectivity index is 1.51. The normalized spacial score (nSPS) is 19.2. The van der Waals surface area contributed by atoms with Crippen LogP contribution in [0.1, 0.15) is 11.6 Å². The van der Waals surface area contributed by atoms with Crippen molar-refractivity contribution in [3.05, 3.63) is 76.3 Å². The number of nitrogens with zero attached hydrogens (tertiary/aromatic N) is 1. The van der Waals surface area contributed by atoms with Gasteiger partial charge in [0, 0.05) is 10.7 Å². The van der Waals surface area contributed by atoms with Gasteiger partial charge in [0.1, 0.15) is 17.5 Å². The molecule has 8 heteroatoms. The predicted octanol–water partition coefficient (Wildman–Crippen LogP) is 5.27. The molecule has 0 saturated carbocycles. The van der Waals surface area contributed by atoms with Gasteiger partial charge in [-0.05, 0) is 60.2 Å². The van der Waals surface area contributed by atoms with E-state index in [0.29, 0.717) is 33.0 Å². The number of anilines is 1. The van der Waals surface area contributed by atoms with Crippen LogP contribution in [0, 0.1) is 0 Å². The number of halogens is 2. The molecule has 0 bridgehead atoms. The predicted molar refractivity (Wildman–Crippen MR) is 117 cm³/mol. The molecule has 3 aromatic carbocycles. The molecule has 2 heterocycles. The van der Waals surface area contributed by atoms with E-state index in [2.05, 4.69) is 0 Å². The van der Waals surface area contributed by atoms with Crippen molar-refractivity contribution in [3.8, 4) is 23.0 Å². The number of β-lactam (4-membered cyclic amide) rings is 1. The quantitative estimate of drug-likeness (QED) is 0.488. The Kier molecular flexibility index (Phi) is 5.04. The van der Waals surface area contributed by atoms with Gasteiger partial charge in [-0.2, -0.15) is 0 Å². The third-order valence-electron chi connectivity index (χ3n) is 5.28. The molecule has 1 amide bonds. The van der Waals surface area contributed by atoms with Crippen LogP contribution in [0.3, 0.4) is 0 Å². The Morgan fingerprint density at radius 1 is 0.968 bits per heavy atom. The van der Waals surface area contributed by atoms with Crippen LogP contribution in [0.2, 0.25) is 10.0 Å². The molecule has 3 aromatic rings. The van der Waals surface area contributed by atoms with Crippen molar-refractivity contribution in [1.82, 2.24) is 0 Å². The first-order valence-electron chi connectivity index (χ1n) is 9.53. The number of methoxy groups -OCH3 is 1. The van der Waals surface area contributed by atoms with Gasteiger partial charge in [0.2, 0.25) is 12.9 Å². The Bertz CT molecular complexity index is 1150. The summed E-state index contributed by atoms with van der Waals surface area (Å²) in [5.41, 5.74) is 1.59. The summed E-state index contributed by atoms with van der Waals surface area (Å²) in [6.45, 7) is 0.172. The second-order valence-electron chi connectivity index (χ2n) is 7.08. The minimum atomic E-state index is -0.763. The van der Waals surface area contributed by atoms with Crippen LogP contribution in [0.25, 0.3) is 0 Å². The maximum absolute atomic E-state index is 13.2. The molecule has 31 heavy (non-hydrogen) atoms. The summed E-state index contributed by atoms with van der Waals surface area (Å²) >= 11 is 12.3. The van der Waals surface area contributed by atoms with Crippen molar-refractivity contribution in [3.63, 3.8) is 0 Å². The zero-order valence-electron chi connectivity index (χ0n) is 16.4. The van der Waals surface area contributed by atoms with Crippen LogP contribution >= 0.6 is 23.2 Å². The molecule has 0 aliphatic carbocycles. The van der Waals surface area contributed by atoms with Crippen molar-refractivity contribution in [2.75, 3.05) is 18.8 Å². The Labute approximate surface area is 188 Å². The number of carbonyl (C=O) groups is 1. The van der Waals surface area contributed by atoms with Gasteiger partial charge in [-0.15, -0.1) is 0 Å². The molecule has 5 rings (SSSR count). The molecule has 0 aromatic heterocycles. The van der Waals surface area contributed by atoms with Crippen molar-refractivity contribution in [2.45, 2.75) is 12.1 Å². The van der Waals surface area contributed by atoms with Crippen molar-refractivity contribution in [1.29, 1.82) is 0 Å². The topological polar surface area (TPSA) is 57.2 Å². The highest BCUT2D eigenvalue weighted by atomic mass is 35.5. The van der Waals surface area contributed by atoms with E-state index in [1.54, 1.807) is 30.2 Å². The van der Waals surface area contributed by atoms with E-state index in [0.717, 1.165) is 11.3 Å². The van der Waals surface area contributed by atoms with Crippen LogP contribution in [-0.4, -0.2) is 25.9 Å². The average molecular weight is 458 g/mol. The monoisotopic (exact) mass is 457 g/mol. The lowest BCUT2D eigenvalue weighted by Crippen LogP contribution is -2.61. The highest BCUT2D eigenvalue weighted by Crippen LogP contribution is 2.45. The lowest BCUT2D eigenvalue weighted by atomic mass is 9.89. The first-order valence-corrected chi connectivity index (χ1v) is 10.3. The largest absolute Gasteiger partial charge is 0.497 e. The first-order chi connectivity index (χ1) is 15.0. The number of hydrogen-bond donors (Lipinski definition) is 0. The van der Waals surface area contributed by atoms with Crippen LogP contribution < -0.4 is 23.8 Å². The van der Waals surface area contributed by atoms with Crippen LogP contribution in [-0.2, 0) is 4.79 Å². The van der Waals surface area contributed by atoms with Gasteiger partial charge in [-0.25, -0.2) is 0 Å². The lowest BCUT2D eigenvalue weighted by molar-refractivity contribution is -0.135. The zero-order valence-corrected chi connectivity index (χ0v) is 17.9. The fourth-order valence-electron chi connectivity index (χ4n) is 3.74. The van der Waals surface area contributed by atoms with E-state index in [9.17, 15) is 4.79 Å². The molecule has 2 aliphatic heterocycles. The Morgan fingerprint density at radius 2 is 1.74 bits per heavy atom. The van der Waals surface area contributed by atoms with Gasteiger partial charge >= 0.3 is 0 Å². The van der Waals surface area contributed by atoms with Gasteiger partial charge in [0.05, 0.1) is 12.1 Å². The summed E-state index contributed by atoms with van der Waals surface area (Å²) in [6.07, 6.45) is -0.763. The third-order valence-corrected chi connectivity index (χ3v) is 5.81. The molecule has 0 radical (unpaired) electrons. The van der Waals surface area contributed by atoms with Gasteiger partial charge < -0.3 is 18.9 Å². The molecule has 2 unspecified atom stereocenters. The smallest absolute Gasteiger partial charge is 0.271 e. The van der Waals surface area contributed by atoms with Crippen LogP contribution in [0.5, 0.6) is 23.0 Å². The highest BCUT2D eigenvalue weighted by Gasteiger charge is 2.51. The minimum Gasteiger partial charge on any atom is -0.497 e. The molecule has 1 saturated heterocycles. The molecule has 0 spiro atoms. The van der Waals surface area contributed by atoms with Crippen molar-refractivity contribution >= 4 is 34.8 Å². The fourth-order valence-corrected chi connectivity index (χ4v) is 4.19. The molecular weight excluding hydrogens is 441 g/mol. The van der Waals surface area contributed by atoms with Gasteiger partial charge in [0.15, 0.2) is 11.5 Å². The number of carbonyl (C=O) groups excluding carboxylic acids is 1. The number of ether oxygens (including phenoxy) is 4. The number of amides is 1. The highest BCUT2D eigenvalue weighted by molar-refractivity contribution is 6.35. The standard InChI is InChI=1S/C23H17Cl2NO5/c1-28-16-6-4-15(5-7-16)26-21(13-2-8-19-20(10-13)30-12-29-19)22(23(26)27)31-18-9-3-14(24)11-17(18)25/h2-11,21-22H,12H2,1H3. The third kappa shape index (κ3) is 3.52. The summed E-state index contributed by atoms with van der Waals surface area (Å²) in [6, 6.07) is 17.4. The number of rotatable bonds is 5. The van der Waals surface area contributed by atoms with E-state index in [4.69, 9.17) is 42.1 Å². The van der Waals surface area contributed by atoms with E-state index in [1.807, 2.05) is 42.5 Å². The molecule has 2 atom stereocenters. The number of hydrogen-bond acceptors (Lipinski definition) is 5. The summed E-state index contributed by atoms with van der Waals surface area (Å²) < 4.78 is 22.2. The molecular formula is C23H17Cl2NO5. The molecule has 158 valence electrons. The van der Waals surface area contributed by atoms with Gasteiger partial charge in [-0.3, -0.25) is 9.69 Å². The van der Waals surface area contributed by atoms with E-state index < -0.39 is 6.10 Å². The summed E-state index contributed by atoms with van der Waals surface area (Å²) in [5.74, 6) is 2.22. The maximum atomic E-state index is 13.2. The van der Waals surface area contributed by atoms with Gasteiger partial charge in [0.25, 0.3) is 5.91 Å². The molecule has 0 N–H and O–H groups in total. The Hall–Kier alpha value is -3.09. The molecule has 1 fully saturated rings. The van der Waals surface area contributed by atoms with Crippen molar-refractivity contribution in [2.24, 2.45) is 0 Å². The van der Waals surface area contributed by atoms with Crippen LogP contribution in [0.4, 0.5) is 5.69 Å². The second-order valence-corrected chi connectivity index (χ2v) is 7.92. The SMILES string of the molecule is COc1ccc(N2C(=O)C(Oc3ccc(Cl)cc3Cl)C2c2ccc3c(c2)OCO3)cc1. The number of fused-ring (bicyclic) bond motifs is 1. The Morgan fingerprint density at radius 3 is 2.48 bits per heavy atom. The van der Waals surface area contributed by atoms with Crippen LogP contribution in [0.15, 0.2) is 60.7 Å². The summed E-state index contributed by atoms with van der Waals surface area (Å²) in [7, 11) is 1.60. The lowest BCUT2D eigenvalue weighted by Gasteiger charge is -2.46. The van der Waals surface area contributed by atoms with Gasteiger partial charge in [-0.1, -0.05) is 29.3 Å². The van der Waals surface area contributed by atoms with E-state index >= 15 is 0 Å². The molecule has 2 aliphatic rings. The second kappa shape index (κ2) is 7.87. The summed E-state index contributed by atoms with van der Waals surface area (Å²) in [4.78, 5) is 14.8.